The number of hydrogen-bond donors (Lipinski definition) is 0. The summed E-state index contributed by atoms with van der Waals surface area (Å²) in [5.41, 5.74) is 8.56. The Kier molecular flexibility index (Phi) is 4.29. The van der Waals surface area contributed by atoms with Gasteiger partial charge in [-0.1, -0.05) is 17.2 Å². The lowest BCUT2D eigenvalue weighted by Crippen LogP contribution is -2.29. The first-order valence-corrected chi connectivity index (χ1v) is 6.79. The van der Waals surface area contributed by atoms with E-state index in [1.54, 1.807) is 32.9 Å². The average molecular weight is 316 g/mol. The van der Waals surface area contributed by atoms with Crippen molar-refractivity contribution in [2.75, 3.05) is 7.11 Å². The minimum atomic E-state index is -0.733. The number of benzene rings is 1. The summed E-state index contributed by atoms with van der Waals surface area (Å²) < 4.78 is 11.2. The number of aromatic nitrogens is 1. The number of hydrogen-bond acceptors (Lipinski definition) is 5. The van der Waals surface area contributed by atoms with Crippen molar-refractivity contribution in [2.45, 2.75) is 26.4 Å². The fraction of sp³-hybridized carbons (Fsp3) is 0.333. The van der Waals surface area contributed by atoms with Gasteiger partial charge in [0.25, 0.3) is 0 Å². The Hall–Kier alpha value is -2.99. The molecular weight excluding hydrogens is 300 g/mol. The number of carbonyl (C=O) groups is 2. The van der Waals surface area contributed by atoms with Crippen molar-refractivity contribution in [3.8, 4) is 0 Å². The highest BCUT2D eigenvalue weighted by Gasteiger charge is 2.25. The second-order valence-corrected chi connectivity index (χ2v) is 5.77. The van der Waals surface area contributed by atoms with Crippen LogP contribution in [0, 0.1) is 0 Å². The molecule has 1 heterocycles. The largest absolute Gasteiger partial charge is 0.464 e. The molecule has 0 saturated carbocycles. The van der Waals surface area contributed by atoms with Crippen LogP contribution in [0.5, 0.6) is 0 Å². The van der Waals surface area contributed by atoms with Gasteiger partial charge in [-0.3, -0.25) is 0 Å². The van der Waals surface area contributed by atoms with Crippen LogP contribution >= 0.6 is 0 Å². The molecule has 0 fully saturated rings. The summed E-state index contributed by atoms with van der Waals surface area (Å²) in [5, 5.41) is 4.12. The molecule has 0 atom stereocenters. The minimum absolute atomic E-state index is 0.0369. The van der Waals surface area contributed by atoms with Crippen LogP contribution in [0.25, 0.3) is 21.3 Å². The monoisotopic (exact) mass is 316 g/mol. The summed E-state index contributed by atoms with van der Waals surface area (Å²) in [5.74, 6) is -0.669. The Balaban J connectivity index is 2.69. The van der Waals surface area contributed by atoms with Crippen molar-refractivity contribution >= 4 is 28.7 Å². The summed E-state index contributed by atoms with van der Waals surface area (Å²) in [6.45, 7) is 5.17. The third-order valence-corrected chi connectivity index (χ3v) is 2.92. The summed E-state index contributed by atoms with van der Waals surface area (Å²) in [7, 11) is 1.23. The SMILES string of the molecule is COC(=O)c1cc2ccc(N=[N+]=[N-])cc2n1C(=O)OC(C)(C)C. The highest BCUT2D eigenvalue weighted by molar-refractivity contribution is 6.02. The van der Waals surface area contributed by atoms with Gasteiger partial charge in [0.2, 0.25) is 0 Å². The summed E-state index contributed by atoms with van der Waals surface area (Å²) in [4.78, 5) is 27.1. The van der Waals surface area contributed by atoms with Gasteiger partial charge in [0.15, 0.2) is 0 Å². The summed E-state index contributed by atoms with van der Waals surface area (Å²) >= 11 is 0. The van der Waals surface area contributed by atoms with Crippen LogP contribution in [0.4, 0.5) is 10.5 Å². The van der Waals surface area contributed by atoms with Crippen molar-refractivity contribution in [3.63, 3.8) is 0 Å². The molecule has 0 saturated heterocycles. The first kappa shape index (κ1) is 16.4. The molecule has 23 heavy (non-hydrogen) atoms. The van der Waals surface area contributed by atoms with Crippen LogP contribution in [0.1, 0.15) is 31.3 Å². The molecule has 0 N–H and O–H groups in total. The molecule has 0 aliphatic heterocycles. The number of carbonyl (C=O) groups excluding carboxylic acids is 2. The normalized spacial score (nSPS) is 11.0. The van der Waals surface area contributed by atoms with E-state index in [9.17, 15) is 9.59 Å². The molecule has 0 amide bonds. The van der Waals surface area contributed by atoms with Crippen LogP contribution in [0.3, 0.4) is 0 Å². The predicted octanol–water partition coefficient (Wildman–Crippen LogP) is 4.15. The molecule has 1 aromatic heterocycles. The van der Waals surface area contributed by atoms with Crippen molar-refractivity contribution in [3.05, 3.63) is 40.4 Å². The van der Waals surface area contributed by atoms with Gasteiger partial charge in [0.05, 0.1) is 12.6 Å². The zero-order chi connectivity index (χ0) is 17.2. The number of azide groups is 1. The Morgan fingerprint density at radius 1 is 1.26 bits per heavy atom. The van der Waals surface area contributed by atoms with Gasteiger partial charge in [0.1, 0.15) is 11.3 Å². The fourth-order valence-corrected chi connectivity index (χ4v) is 2.06. The van der Waals surface area contributed by atoms with Crippen LogP contribution in [0.2, 0.25) is 0 Å². The van der Waals surface area contributed by atoms with Crippen LogP contribution in [0.15, 0.2) is 29.4 Å². The standard InChI is InChI=1S/C15H16N4O4/c1-15(2,3)23-14(21)19-11-8-10(17-18-16)6-5-9(11)7-12(19)13(20)22-4/h5-8H,1-4H3. The Morgan fingerprint density at radius 3 is 2.52 bits per heavy atom. The van der Waals surface area contributed by atoms with E-state index in [0.29, 0.717) is 16.6 Å². The molecule has 0 aliphatic carbocycles. The molecule has 0 unspecified atom stereocenters. The zero-order valence-corrected chi connectivity index (χ0v) is 13.2. The Bertz CT molecular complexity index is 826. The summed E-state index contributed by atoms with van der Waals surface area (Å²) in [6, 6.07) is 6.26. The second-order valence-electron chi connectivity index (χ2n) is 5.77. The lowest BCUT2D eigenvalue weighted by Gasteiger charge is -2.20. The molecule has 2 rings (SSSR count). The van der Waals surface area contributed by atoms with E-state index in [0.717, 1.165) is 4.57 Å². The third kappa shape index (κ3) is 3.44. The zero-order valence-electron chi connectivity index (χ0n) is 13.2. The van der Waals surface area contributed by atoms with E-state index >= 15 is 0 Å². The highest BCUT2D eigenvalue weighted by atomic mass is 16.6. The molecular formula is C15H16N4O4. The molecule has 8 nitrogen and oxygen atoms in total. The summed E-state index contributed by atoms with van der Waals surface area (Å²) in [6.07, 6.45) is -0.717. The maximum Gasteiger partial charge on any atom is 0.419 e. The lowest BCUT2D eigenvalue weighted by atomic mass is 10.2. The molecule has 1 aromatic carbocycles. The molecule has 0 aliphatic rings. The van der Waals surface area contributed by atoms with Gasteiger partial charge in [-0.2, -0.15) is 0 Å². The molecule has 8 heteroatoms. The number of methoxy groups -OCH3 is 1. The number of esters is 1. The van der Waals surface area contributed by atoms with E-state index in [4.69, 9.17) is 15.0 Å². The number of rotatable bonds is 2. The number of fused-ring (bicyclic) bond motifs is 1. The number of nitrogens with zero attached hydrogens (tertiary/aromatic N) is 4. The van der Waals surface area contributed by atoms with Crippen molar-refractivity contribution in [1.29, 1.82) is 0 Å². The first-order valence-electron chi connectivity index (χ1n) is 6.79. The molecule has 0 bridgehead atoms. The van der Waals surface area contributed by atoms with Gasteiger partial charge in [-0.05, 0) is 38.4 Å². The van der Waals surface area contributed by atoms with Gasteiger partial charge in [-0.15, -0.1) is 0 Å². The number of ether oxygens (including phenoxy) is 2. The van der Waals surface area contributed by atoms with E-state index in [2.05, 4.69) is 10.0 Å². The van der Waals surface area contributed by atoms with Crippen molar-refractivity contribution < 1.29 is 19.1 Å². The van der Waals surface area contributed by atoms with Gasteiger partial charge < -0.3 is 9.47 Å². The van der Waals surface area contributed by atoms with Crippen LogP contribution < -0.4 is 0 Å². The topological polar surface area (TPSA) is 106 Å². The second kappa shape index (κ2) is 6.02. The maximum absolute atomic E-state index is 12.5. The van der Waals surface area contributed by atoms with Gasteiger partial charge >= 0.3 is 12.1 Å². The third-order valence-electron chi connectivity index (χ3n) is 2.92. The van der Waals surface area contributed by atoms with Crippen LogP contribution in [-0.2, 0) is 9.47 Å². The first-order chi connectivity index (χ1) is 10.8. The molecule has 0 radical (unpaired) electrons. The lowest BCUT2D eigenvalue weighted by molar-refractivity contribution is 0.0490. The highest BCUT2D eigenvalue weighted by Crippen LogP contribution is 2.26. The van der Waals surface area contributed by atoms with Crippen molar-refractivity contribution in [2.24, 2.45) is 5.11 Å². The minimum Gasteiger partial charge on any atom is -0.464 e. The van der Waals surface area contributed by atoms with Crippen LogP contribution in [-0.4, -0.2) is 29.3 Å². The Labute approximate surface area is 132 Å². The van der Waals surface area contributed by atoms with Gasteiger partial charge in [-0.25, -0.2) is 14.2 Å². The Morgan fingerprint density at radius 2 is 1.96 bits per heavy atom. The fourth-order valence-electron chi connectivity index (χ4n) is 2.06. The molecule has 0 spiro atoms. The molecule has 2 aromatic rings. The van der Waals surface area contributed by atoms with E-state index in [1.165, 1.54) is 19.2 Å². The van der Waals surface area contributed by atoms with Gasteiger partial charge in [0, 0.05) is 16.0 Å². The average Bonchev–Trinajstić information content (AvgIpc) is 2.83. The van der Waals surface area contributed by atoms with E-state index in [-0.39, 0.29) is 5.69 Å². The van der Waals surface area contributed by atoms with E-state index in [1.807, 2.05) is 0 Å². The quantitative estimate of drug-likeness (QED) is 0.359. The predicted molar refractivity (Wildman–Crippen MR) is 83.7 cm³/mol. The maximum atomic E-state index is 12.5. The smallest absolute Gasteiger partial charge is 0.419 e. The molecule has 120 valence electrons. The van der Waals surface area contributed by atoms with E-state index < -0.39 is 17.7 Å². The van der Waals surface area contributed by atoms with Crippen molar-refractivity contribution in [1.82, 2.24) is 4.57 Å².